The summed E-state index contributed by atoms with van der Waals surface area (Å²) in [6, 6.07) is 4.53. The van der Waals surface area contributed by atoms with Crippen LogP contribution in [0.15, 0.2) is 22.7 Å². The lowest BCUT2D eigenvalue weighted by molar-refractivity contribution is 0.424. The predicted molar refractivity (Wildman–Crippen MR) is 56.3 cm³/mol. The highest BCUT2D eigenvalue weighted by Gasteiger charge is 2.12. The smallest absolute Gasteiger partial charge is 0.314 e. The summed E-state index contributed by atoms with van der Waals surface area (Å²) in [6.07, 6.45) is 0.149. The Morgan fingerprint density at radius 3 is 2.94 bits per heavy atom. The number of nitrogens with two attached hydrogens (primary N) is 1. The zero-order valence-electron chi connectivity index (χ0n) is 8.08. The summed E-state index contributed by atoms with van der Waals surface area (Å²) in [6.45, 7) is 0. The third kappa shape index (κ3) is 2.12. The Kier molecular flexibility index (Phi) is 3.02. The highest BCUT2D eigenvalue weighted by molar-refractivity contribution is 6.31. The van der Waals surface area contributed by atoms with Gasteiger partial charge in [-0.25, -0.2) is 10.2 Å². The van der Waals surface area contributed by atoms with Crippen molar-refractivity contribution in [3.05, 3.63) is 40.4 Å². The third-order valence-corrected chi connectivity index (χ3v) is 2.34. The molecule has 0 saturated carbocycles. The molecule has 0 aliphatic rings. The fourth-order valence-corrected chi connectivity index (χ4v) is 1.47. The van der Waals surface area contributed by atoms with Crippen molar-refractivity contribution >= 4 is 17.6 Å². The number of hydrazine groups is 1. The van der Waals surface area contributed by atoms with Crippen molar-refractivity contribution < 1.29 is 8.91 Å². The molecule has 16 heavy (non-hydrogen) atoms. The van der Waals surface area contributed by atoms with Gasteiger partial charge in [0, 0.05) is 17.0 Å². The Morgan fingerprint density at radius 1 is 1.50 bits per heavy atom. The van der Waals surface area contributed by atoms with Gasteiger partial charge in [-0.05, 0) is 12.1 Å². The first-order valence-corrected chi connectivity index (χ1v) is 4.80. The quantitative estimate of drug-likeness (QED) is 0.633. The van der Waals surface area contributed by atoms with Gasteiger partial charge < -0.3 is 4.52 Å². The van der Waals surface area contributed by atoms with Gasteiger partial charge in [0.1, 0.15) is 5.82 Å². The van der Waals surface area contributed by atoms with Gasteiger partial charge in [0.25, 0.3) is 0 Å². The number of anilines is 1. The molecule has 0 bridgehead atoms. The largest absolute Gasteiger partial charge is 0.335 e. The SMILES string of the molecule is NNc1nc(Cc2c(F)cccc2Cl)no1. The van der Waals surface area contributed by atoms with Gasteiger partial charge in [-0.3, -0.25) is 5.43 Å². The van der Waals surface area contributed by atoms with Crippen molar-refractivity contribution in [1.29, 1.82) is 0 Å². The molecule has 5 nitrogen and oxygen atoms in total. The number of hydrogen-bond donors (Lipinski definition) is 2. The van der Waals surface area contributed by atoms with Gasteiger partial charge in [-0.1, -0.05) is 22.8 Å². The van der Waals surface area contributed by atoms with Crippen molar-refractivity contribution in [1.82, 2.24) is 10.1 Å². The summed E-state index contributed by atoms with van der Waals surface area (Å²) in [4.78, 5) is 3.87. The zero-order valence-corrected chi connectivity index (χ0v) is 8.83. The molecule has 2 aromatic rings. The van der Waals surface area contributed by atoms with E-state index in [1.807, 2.05) is 0 Å². The third-order valence-electron chi connectivity index (χ3n) is 1.99. The second kappa shape index (κ2) is 4.46. The van der Waals surface area contributed by atoms with E-state index in [9.17, 15) is 4.39 Å². The molecule has 1 heterocycles. The molecule has 0 atom stereocenters. The van der Waals surface area contributed by atoms with Crippen molar-refractivity contribution in [2.24, 2.45) is 5.84 Å². The monoisotopic (exact) mass is 242 g/mol. The summed E-state index contributed by atoms with van der Waals surface area (Å²) in [5.41, 5.74) is 2.52. The molecule has 7 heteroatoms. The standard InChI is InChI=1S/C9H8ClFN4O/c10-6-2-1-3-7(11)5(6)4-8-13-9(14-12)16-15-8/h1-3H,4,12H2,(H,13,14,15). The van der Waals surface area contributed by atoms with E-state index in [1.165, 1.54) is 12.1 Å². The molecule has 2 rings (SSSR count). The normalized spacial score (nSPS) is 10.4. The molecule has 1 aromatic carbocycles. The summed E-state index contributed by atoms with van der Waals surface area (Å²) >= 11 is 5.85. The molecular weight excluding hydrogens is 235 g/mol. The topological polar surface area (TPSA) is 77.0 Å². The van der Waals surface area contributed by atoms with Crippen LogP contribution in [-0.2, 0) is 6.42 Å². The molecule has 0 fully saturated rings. The lowest BCUT2D eigenvalue weighted by atomic mass is 10.1. The van der Waals surface area contributed by atoms with E-state index in [-0.39, 0.29) is 12.4 Å². The van der Waals surface area contributed by atoms with Crippen LogP contribution in [0, 0.1) is 5.82 Å². The van der Waals surface area contributed by atoms with Crippen LogP contribution in [0.1, 0.15) is 11.4 Å². The van der Waals surface area contributed by atoms with Gasteiger partial charge >= 0.3 is 6.01 Å². The first-order chi connectivity index (χ1) is 7.70. The maximum Gasteiger partial charge on any atom is 0.335 e. The average molecular weight is 243 g/mol. The minimum absolute atomic E-state index is 0.0717. The summed E-state index contributed by atoms with van der Waals surface area (Å²) in [5.74, 6) is 4.97. The van der Waals surface area contributed by atoms with Crippen molar-refractivity contribution in [2.75, 3.05) is 5.43 Å². The Bertz CT molecular complexity index is 482. The minimum Gasteiger partial charge on any atom is -0.314 e. The number of aromatic nitrogens is 2. The maximum atomic E-state index is 13.4. The molecule has 3 N–H and O–H groups in total. The molecule has 0 unspecified atom stereocenters. The number of benzene rings is 1. The molecule has 0 amide bonds. The first-order valence-electron chi connectivity index (χ1n) is 4.43. The van der Waals surface area contributed by atoms with Crippen LogP contribution in [0.25, 0.3) is 0 Å². The number of halogens is 2. The van der Waals surface area contributed by atoms with Crippen LogP contribution in [0.3, 0.4) is 0 Å². The Hall–Kier alpha value is -1.66. The highest BCUT2D eigenvalue weighted by atomic mass is 35.5. The van der Waals surface area contributed by atoms with Gasteiger partial charge in [-0.15, -0.1) is 0 Å². The molecular formula is C9H8ClFN4O. The van der Waals surface area contributed by atoms with Crippen LogP contribution < -0.4 is 11.3 Å². The lowest BCUT2D eigenvalue weighted by Crippen LogP contribution is -2.06. The molecule has 0 aliphatic carbocycles. The Balaban J connectivity index is 2.26. The lowest BCUT2D eigenvalue weighted by Gasteiger charge is -2.01. The van der Waals surface area contributed by atoms with Crippen LogP contribution in [-0.4, -0.2) is 10.1 Å². The van der Waals surface area contributed by atoms with E-state index >= 15 is 0 Å². The van der Waals surface area contributed by atoms with E-state index in [0.717, 1.165) is 0 Å². The van der Waals surface area contributed by atoms with Crippen LogP contribution in [0.4, 0.5) is 10.4 Å². The first kappa shape index (κ1) is 10.8. The minimum atomic E-state index is -0.403. The second-order valence-electron chi connectivity index (χ2n) is 3.04. The fraction of sp³-hybridized carbons (Fsp3) is 0.111. The molecule has 0 spiro atoms. The molecule has 1 aromatic heterocycles. The average Bonchev–Trinajstić information content (AvgIpc) is 2.71. The number of nitrogen functional groups attached to an aromatic ring is 1. The second-order valence-corrected chi connectivity index (χ2v) is 3.44. The molecule has 84 valence electrons. The summed E-state index contributed by atoms with van der Waals surface area (Å²) < 4.78 is 18.1. The van der Waals surface area contributed by atoms with Gasteiger partial charge in [0.15, 0.2) is 5.82 Å². The van der Waals surface area contributed by atoms with Crippen LogP contribution in [0.5, 0.6) is 0 Å². The molecule has 0 aliphatic heterocycles. The summed E-state index contributed by atoms with van der Waals surface area (Å²) in [5, 5.41) is 3.94. The molecule has 0 saturated heterocycles. The summed E-state index contributed by atoms with van der Waals surface area (Å²) in [7, 11) is 0. The van der Waals surface area contributed by atoms with Crippen LogP contribution >= 0.6 is 11.6 Å². The van der Waals surface area contributed by atoms with E-state index in [0.29, 0.717) is 16.4 Å². The van der Waals surface area contributed by atoms with Gasteiger partial charge in [-0.2, -0.15) is 4.98 Å². The number of hydrogen-bond acceptors (Lipinski definition) is 5. The van der Waals surface area contributed by atoms with Crippen molar-refractivity contribution in [3.8, 4) is 0 Å². The predicted octanol–water partition coefficient (Wildman–Crippen LogP) is 1.74. The fourth-order valence-electron chi connectivity index (χ4n) is 1.24. The highest BCUT2D eigenvalue weighted by Crippen LogP contribution is 2.21. The number of rotatable bonds is 3. The number of nitrogens with zero attached hydrogens (tertiary/aromatic N) is 2. The van der Waals surface area contributed by atoms with Gasteiger partial charge in [0.05, 0.1) is 0 Å². The van der Waals surface area contributed by atoms with E-state index in [2.05, 4.69) is 15.6 Å². The maximum absolute atomic E-state index is 13.4. The Morgan fingerprint density at radius 2 is 2.31 bits per heavy atom. The van der Waals surface area contributed by atoms with Crippen molar-refractivity contribution in [2.45, 2.75) is 6.42 Å². The zero-order chi connectivity index (χ0) is 11.5. The van der Waals surface area contributed by atoms with Gasteiger partial charge in [0.2, 0.25) is 0 Å². The van der Waals surface area contributed by atoms with E-state index in [4.69, 9.17) is 22.0 Å². The molecule has 0 radical (unpaired) electrons. The van der Waals surface area contributed by atoms with Crippen LogP contribution in [0.2, 0.25) is 5.02 Å². The van der Waals surface area contributed by atoms with E-state index in [1.54, 1.807) is 6.07 Å². The Labute approximate surface area is 95.4 Å². The van der Waals surface area contributed by atoms with Crippen molar-refractivity contribution in [3.63, 3.8) is 0 Å². The van der Waals surface area contributed by atoms with E-state index < -0.39 is 5.82 Å². The number of nitrogens with one attached hydrogen (secondary N) is 1.